The zero-order valence-corrected chi connectivity index (χ0v) is 11.2. The molecule has 0 amide bonds. The van der Waals surface area contributed by atoms with Crippen LogP contribution in [0, 0.1) is 0 Å². The molecule has 19 heavy (non-hydrogen) atoms. The van der Waals surface area contributed by atoms with Crippen LogP contribution in [0.5, 0.6) is 0 Å². The van der Waals surface area contributed by atoms with Gasteiger partial charge in [-0.3, -0.25) is 4.79 Å². The van der Waals surface area contributed by atoms with Gasteiger partial charge in [0.15, 0.2) is 5.78 Å². The standard InChI is InChI=1S/C15H18O4/c1-11(16)14(15(18)19-2)13(17)10-6-9-12-7-4-3-5-8-12/h3-5,7-8,17H,6,9-10H2,1-2H3/b14-13+. The lowest BCUT2D eigenvalue weighted by Gasteiger charge is -2.06. The number of methoxy groups -OCH3 is 1. The number of carbonyl (C=O) groups is 2. The average molecular weight is 262 g/mol. The summed E-state index contributed by atoms with van der Waals surface area (Å²) in [5.74, 6) is -1.47. The summed E-state index contributed by atoms with van der Waals surface area (Å²) in [6.45, 7) is 1.24. The molecule has 4 nitrogen and oxygen atoms in total. The number of aliphatic hydroxyl groups is 1. The fraction of sp³-hybridized carbons (Fsp3) is 0.333. The second kappa shape index (κ2) is 7.36. The summed E-state index contributed by atoms with van der Waals surface area (Å²) < 4.78 is 4.48. The minimum Gasteiger partial charge on any atom is -0.511 e. The highest BCUT2D eigenvalue weighted by atomic mass is 16.5. The fourth-order valence-electron chi connectivity index (χ4n) is 1.80. The van der Waals surface area contributed by atoms with Crippen molar-refractivity contribution in [2.24, 2.45) is 0 Å². The van der Waals surface area contributed by atoms with Crippen LogP contribution >= 0.6 is 0 Å². The molecule has 102 valence electrons. The highest BCUT2D eigenvalue weighted by molar-refractivity contribution is 6.16. The molecule has 0 aliphatic rings. The third kappa shape index (κ3) is 4.58. The molecule has 1 aromatic carbocycles. The molecule has 0 aromatic heterocycles. The van der Waals surface area contributed by atoms with Gasteiger partial charge in [0.2, 0.25) is 0 Å². The van der Waals surface area contributed by atoms with Crippen molar-refractivity contribution in [3.63, 3.8) is 0 Å². The molecule has 0 saturated heterocycles. The topological polar surface area (TPSA) is 63.6 Å². The number of aryl methyl sites for hydroxylation is 1. The largest absolute Gasteiger partial charge is 0.511 e. The quantitative estimate of drug-likeness (QED) is 0.281. The van der Waals surface area contributed by atoms with E-state index in [4.69, 9.17) is 0 Å². The van der Waals surface area contributed by atoms with E-state index >= 15 is 0 Å². The summed E-state index contributed by atoms with van der Waals surface area (Å²) in [5.41, 5.74) is 0.897. The van der Waals surface area contributed by atoms with Crippen LogP contribution in [0.15, 0.2) is 41.7 Å². The van der Waals surface area contributed by atoms with Crippen molar-refractivity contribution in [2.45, 2.75) is 26.2 Å². The van der Waals surface area contributed by atoms with Crippen LogP contribution in [0.2, 0.25) is 0 Å². The Kier molecular flexibility index (Phi) is 5.79. The molecule has 0 fully saturated rings. The van der Waals surface area contributed by atoms with Gasteiger partial charge in [0.05, 0.1) is 7.11 Å². The molecular formula is C15H18O4. The van der Waals surface area contributed by atoms with E-state index in [1.54, 1.807) is 0 Å². The summed E-state index contributed by atoms with van der Waals surface area (Å²) in [5, 5.41) is 9.82. The van der Waals surface area contributed by atoms with Crippen LogP contribution in [0.1, 0.15) is 25.3 Å². The Morgan fingerprint density at radius 2 is 1.84 bits per heavy atom. The van der Waals surface area contributed by atoms with E-state index in [0.29, 0.717) is 6.42 Å². The highest BCUT2D eigenvalue weighted by Gasteiger charge is 2.20. The van der Waals surface area contributed by atoms with Crippen molar-refractivity contribution in [3.8, 4) is 0 Å². The van der Waals surface area contributed by atoms with Gasteiger partial charge in [0.1, 0.15) is 11.3 Å². The Balaban J connectivity index is 2.64. The van der Waals surface area contributed by atoms with Crippen molar-refractivity contribution >= 4 is 11.8 Å². The lowest BCUT2D eigenvalue weighted by Crippen LogP contribution is -2.14. The molecule has 0 saturated carbocycles. The van der Waals surface area contributed by atoms with Crippen LogP contribution in [0.3, 0.4) is 0 Å². The first-order chi connectivity index (χ1) is 9.06. The van der Waals surface area contributed by atoms with E-state index in [9.17, 15) is 14.7 Å². The predicted octanol–water partition coefficient (Wildman–Crippen LogP) is 2.58. The minimum absolute atomic E-state index is 0.199. The summed E-state index contributed by atoms with van der Waals surface area (Å²) >= 11 is 0. The molecule has 0 bridgehead atoms. The zero-order chi connectivity index (χ0) is 14.3. The molecule has 1 rings (SSSR count). The number of ketones is 1. The Hall–Kier alpha value is -2.10. The molecule has 0 aliphatic heterocycles. The average Bonchev–Trinajstić information content (AvgIpc) is 2.39. The van der Waals surface area contributed by atoms with Gasteiger partial charge in [-0.05, 0) is 25.3 Å². The van der Waals surface area contributed by atoms with Crippen molar-refractivity contribution in [1.82, 2.24) is 0 Å². The lowest BCUT2D eigenvalue weighted by molar-refractivity contribution is -0.137. The Bertz CT molecular complexity index is 474. The molecular weight excluding hydrogens is 244 g/mol. The number of benzene rings is 1. The number of hydrogen-bond donors (Lipinski definition) is 1. The number of esters is 1. The third-order valence-corrected chi connectivity index (χ3v) is 2.75. The monoisotopic (exact) mass is 262 g/mol. The van der Waals surface area contributed by atoms with E-state index < -0.39 is 11.8 Å². The first kappa shape index (κ1) is 15.0. The molecule has 0 spiro atoms. The maximum absolute atomic E-state index is 11.4. The number of allylic oxidation sites excluding steroid dienone is 1. The molecule has 4 heteroatoms. The summed E-state index contributed by atoms with van der Waals surface area (Å²) in [6, 6.07) is 9.81. The number of Topliss-reactive ketones (excluding diaryl/α,β-unsaturated/α-hetero) is 1. The van der Waals surface area contributed by atoms with Crippen molar-refractivity contribution in [2.75, 3.05) is 7.11 Å². The van der Waals surface area contributed by atoms with E-state index in [1.807, 2.05) is 30.3 Å². The van der Waals surface area contributed by atoms with Gasteiger partial charge in [0.25, 0.3) is 0 Å². The van der Waals surface area contributed by atoms with Gasteiger partial charge in [-0.1, -0.05) is 30.3 Å². The first-order valence-corrected chi connectivity index (χ1v) is 6.11. The molecule has 1 N–H and O–H groups in total. The van der Waals surface area contributed by atoms with Crippen molar-refractivity contribution in [1.29, 1.82) is 0 Å². The second-order valence-corrected chi connectivity index (χ2v) is 4.21. The number of rotatable bonds is 6. The summed E-state index contributed by atoms with van der Waals surface area (Å²) in [4.78, 5) is 22.7. The minimum atomic E-state index is -0.787. The van der Waals surface area contributed by atoms with Crippen molar-refractivity contribution < 1.29 is 19.4 Å². The van der Waals surface area contributed by atoms with E-state index in [0.717, 1.165) is 12.0 Å². The molecule has 0 heterocycles. The van der Waals surface area contributed by atoms with Gasteiger partial charge in [-0.25, -0.2) is 4.79 Å². The maximum Gasteiger partial charge on any atom is 0.344 e. The van der Waals surface area contributed by atoms with Gasteiger partial charge < -0.3 is 9.84 Å². The Morgan fingerprint density at radius 3 is 2.37 bits per heavy atom. The lowest BCUT2D eigenvalue weighted by atomic mass is 10.0. The Morgan fingerprint density at radius 1 is 1.21 bits per heavy atom. The fourth-order valence-corrected chi connectivity index (χ4v) is 1.80. The van der Waals surface area contributed by atoms with Crippen LogP contribution in [-0.2, 0) is 20.7 Å². The first-order valence-electron chi connectivity index (χ1n) is 6.11. The summed E-state index contributed by atoms with van der Waals surface area (Å²) in [6.07, 6.45) is 1.71. The number of ether oxygens (including phenoxy) is 1. The maximum atomic E-state index is 11.4. The van der Waals surface area contributed by atoms with Gasteiger partial charge >= 0.3 is 5.97 Å². The number of aliphatic hydroxyl groups excluding tert-OH is 1. The SMILES string of the molecule is COC(=O)/C(C(C)=O)=C(/O)CCCc1ccccc1. The number of hydrogen-bond acceptors (Lipinski definition) is 4. The van der Waals surface area contributed by atoms with E-state index in [-0.39, 0.29) is 17.8 Å². The highest BCUT2D eigenvalue weighted by Crippen LogP contribution is 2.13. The number of carbonyl (C=O) groups excluding carboxylic acids is 2. The van der Waals surface area contributed by atoms with Crippen LogP contribution in [0.4, 0.5) is 0 Å². The zero-order valence-electron chi connectivity index (χ0n) is 11.2. The molecule has 0 unspecified atom stereocenters. The summed E-state index contributed by atoms with van der Waals surface area (Å²) in [7, 11) is 1.18. The normalized spacial score (nSPS) is 11.7. The Labute approximate surface area is 112 Å². The second-order valence-electron chi connectivity index (χ2n) is 4.21. The van der Waals surface area contributed by atoms with Gasteiger partial charge in [0, 0.05) is 6.42 Å². The molecule has 1 aromatic rings. The van der Waals surface area contributed by atoms with E-state index in [2.05, 4.69) is 4.74 Å². The van der Waals surface area contributed by atoms with Gasteiger partial charge in [-0.2, -0.15) is 0 Å². The molecule has 0 aliphatic carbocycles. The smallest absolute Gasteiger partial charge is 0.344 e. The van der Waals surface area contributed by atoms with Crippen LogP contribution in [-0.4, -0.2) is 24.0 Å². The molecule has 0 atom stereocenters. The van der Waals surface area contributed by atoms with Crippen LogP contribution in [0.25, 0.3) is 0 Å². The third-order valence-electron chi connectivity index (χ3n) is 2.75. The van der Waals surface area contributed by atoms with Crippen LogP contribution < -0.4 is 0 Å². The van der Waals surface area contributed by atoms with Gasteiger partial charge in [-0.15, -0.1) is 0 Å². The van der Waals surface area contributed by atoms with Crippen molar-refractivity contribution in [3.05, 3.63) is 47.2 Å². The molecule has 0 radical (unpaired) electrons. The van der Waals surface area contributed by atoms with E-state index in [1.165, 1.54) is 14.0 Å². The predicted molar refractivity (Wildman–Crippen MR) is 71.7 cm³/mol.